The summed E-state index contributed by atoms with van der Waals surface area (Å²) < 4.78 is 5.58. The minimum absolute atomic E-state index is 0.680. The fourth-order valence-corrected chi connectivity index (χ4v) is 1.94. The summed E-state index contributed by atoms with van der Waals surface area (Å²) in [5.41, 5.74) is 1.39. The predicted octanol–water partition coefficient (Wildman–Crippen LogP) is 3.65. The van der Waals surface area contributed by atoms with Crippen molar-refractivity contribution >= 4 is 0 Å². The molecule has 1 N–H and O–H groups in total. The second kappa shape index (κ2) is 8.98. The van der Waals surface area contributed by atoms with E-state index in [0.29, 0.717) is 5.92 Å². The average Bonchev–Trinajstić information content (AvgIpc) is 2.38. The van der Waals surface area contributed by atoms with Gasteiger partial charge in [-0.1, -0.05) is 32.9 Å². The molecule has 0 aliphatic carbocycles. The lowest BCUT2D eigenvalue weighted by Gasteiger charge is -2.13. The van der Waals surface area contributed by atoms with Crippen molar-refractivity contribution in [2.75, 3.05) is 19.7 Å². The Bertz CT molecular complexity index is 307. The second-order valence-corrected chi connectivity index (χ2v) is 5.01. The maximum absolute atomic E-state index is 5.58. The van der Waals surface area contributed by atoms with Gasteiger partial charge in [0.2, 0.25) is 0 Å². The number of hydrogen-bond acceptors (Lipinski definition) is 2. The minimum Gasteiger partial charge on any atom is -0.494 e. The van der Waals surface area contributed by atoms with Gasteiger partial charge in [0.15, 0.2) is 0 Å². The third-order valence-electron chi connectivity index (χ3n) is 2.90. The number of nitrogens with one attached hydrogen (secondary N) is 1. The first-order valence-electron chi connectivity index (χ1n) is 7.18. The minimum atomic E-state index is 0.680. The van der Waals surface area contributed by atoms with Gasteiger partial charge in [-0.25, -0.2) is 0 Å². The van der Waals surface area contributed by atoms with Gasteiger partial charge < -0.3 is 10.1 Å². The molecule has 1 unspecified atom stereocenters. The van der Waals surface area contributed by atoms with Gasteiger partial charge in [0, 0.05) is 0 Å². The zero-order valence-corrected chi connectivity index (χ0v) is 12.0. The Balaban J connectivity index is 2.33. The van der Waals surface area contributed by atoms with E-state index in [0.717, 1.165) is 38.3 Å². The lowest BCUT2D eigenvalue weighted by molar-refractivity contribution is 0.317. The Labute approximate surface area is 112 Å². The van der Waals surface area contributed by atoms with Gasteiger partial charge in [0.1, 0.15) is 5.75 Å². The van der Waals surface area contributed by atoms with Gasteiger partial charge >= 0.3 is 0 Å². The normalized spacial score (nSPS) is 12.4. The second-order valence-electron chi connectivity index (χ2n) is 5.01. The molecule has 0 fully saturated rings. The largest absolute Gasteiger partial charge is 0.494 e. The molecule has 0 saturated carbocycles. The highest BCUT2D eigenvalue weighted by atomic mass is 16.5. The maximum atomic E-state index is 5.58. The molecule has 0 saturated heterocycles. The lowest BCUT2D eigenvalue weighted by Crippen LogP contribution is -2.23. The Morgan fingerprint density at radius 2 is 1.83 bits per heavy atom. The summed E-state index contributed by atoms with van der Waals surface area (Å²) in [4.78, 5) is 0. The first-order chi connectivity index (χ1) is 8.76. The summed E-state index contributed by atoms with van der Waals surface area (Å²) in [6.45, 7) is 9.64. The number of ether oxygens (including phenoxy) is 1. The van der Waals surface area contributed by atoms with Crippen LogP contribution < -0.4 is 10.1 Å². The smallest absolute Gasteiger partial charge is 0.119 e. The van der Waals surface area contributed by atoms with Crippen LogP contribution in [0.2, 0.25) is 0 Å². The van der Waals surface area contributed by atoms with Crippen LogP contribution in [0.1, 0.15) is 39.2 Å². The third-order valence-corrected chi connectivity index (χ3v) is 2.90. The molecule has 1 rings (SSSR count). The maximum Gasteiger partial charge on any atom is 0.119 e. The van der Waals surface area contributed by atoms with Crippen molar-refractivity contribution < 1.29 is 4.74 Å². The van der Waals surface area contributed by atoms with Crippen molar-refractivity contribution in [1.82, 2.24) is 5.32 Å². The van der Waals surface area contributed by atoms with Gasteiger partial charge in [-0.15, -0.1) is 0 Å². The Morgan fingerprint density at radius 1 is 1.11 bits per heavy atom. The lowest BCUT2D eigenvalue weighted by atomic mass is 10.0. The van der Waals surface area contributed by atoms with E-state index in [1.807, 2.05) is 0 Å². The quantitative estimate of drug-likeness (QED) is 0.674. The fourth-order valence-electron chi connectivity index (χ4n) is 1.94. The van der Waals surface area contributed by atoms with E-state index >= 15 is 0 Å². The van der Waals surface area contributed by atoms with E-state index in [2.05, 4.69) is 50.4 Å². The molecule has 2 heteroatoms. The summed E-state index contributed by atoms with van der Waals surface area (Å²) in [6, 6.07) is 8.52. The van der Waals surface area contributed by atoms with Crippen molar-refractivity contribution in [3.8, 4) is 5.75 Å². The molecule has 0 radical (unpaired) electrons. The Morgan fingerprint density at radius 3 is 2.44 bits per heavy atom. The molecular weight excluding hydrogens is 222 g/mol. The SMILES string of the molecule is CCCNCC(C)Cc1ccc(OCCC)cc1. The summed E-state index contributed by atoms with van der Waals surface area (Å²) >= 11 is 0. The summed E-state index contributed by atoms with van der Waals surface area (Å²) in [6.07, 6.45) is 3.39. The molecule has 1 aromatic rings. The van der Waals surface area contributed by atoms with E-state index in [-0.39, 0.29) is 0 Å². The molecule has 0 aromatic heterocycles. The van der Waals surface area contributed by atoms with E-state index in [4.69, 9.17) is 4.74 Å². The summed E-state index contributed by atoms with van der Waals surface area (Å²) in [5, 5.41) is 3.47. The standard InChI is InChI=1S/C16H27NO/c1-4-10-17-13-14(3)12-15-6-8-16(9-7-15)18-11-5-2/h6-9,14,17H,4-5,10-13H2,1-3H3. The molecule has 0 aliphatic heterocycles. The molecule has 0 aliphatic rings. The zero-order valence-electron chi connectivity index (χ0n) is 12.0. The zero-order chi connectivity index (χ0) is 13.2. The molecular formula is C16H27NO. The summed E-state index contributed by atoms with van der Waals surface area (Å²) in [5.74, 6) is 1.66. The molecule has 0 spiro atoms. The predicted molar refractivity (Wildman–Crippen MR) is 78.3 cm³/mol. The number of benzene rings is 1. The van der Waals surface area contributed by atoms with E-state index < -0.39 is 0 Å². The van der Waals surface area contributed by atoms with Crippen LogP contribution in [0.4, 0.5) is 0 Å². The molecule has 1 aromatic carbocycles. The van der Waals surface area contributed by atoms with E-state index in [1.54, 1.807) is 0 Å². The first kappa shape index (κ1) is 15.0. The molecule has 18 heavy (non-hydrogen) atoms. The average molecular weight is 249 g/mol. The molecule has 0 heterocycles. The third kappa shape index (κ3) is 6.06. The molecule has 0 bridgehead atoms. The topological polar surface area (TPSA) is 21.3 Å². The monoisotopic (exact) mass is 249 g/mol. The van der Waals surface area contributed by atoms with Gasteiger partial charge in [0.25, 0.3) is 0 Å². The number of rotatable bonds is 9. The van der Waals surface area contributed by atoms with Gasteiger partial charge in [0.05, 0.1) is 6.61 Å². The summed E-state index contributed by atoms with van der Waals surface area (Å²) in [7, 11) is 0. The number of hydrogen-bond donors (Lipinski definition) is 1. The molecule has 2 nitrogen and oxygen atoms in total. The van der Waals surface area contributed by atoms with Gasteiger partial charge in [-0.3, -0.25) is 0 Å². The van der Waals surface area contributed by atoms with Gasteiger partial charge in [-0.05, 0) is 56.0 Å². The van der Waals surface area contributed by atoms with Crippen LogP contribution in [-0.2, 0) is 6.42 Å². The highest BCUT2D eigenvalue weighted by molar-refractivity contribution is 5.27. The highest BCUT2D eigenvalue weighted by Gasteiger charge is 2.03. The van der Waals surface area contributed by atoms with Crippen molar-refractivity contribution in [2.24, 2.45) is 5.92 Å². The highest BCUT2D eigenvalue weighted by Crippen LogP contribution is 2.15. The Hall–Kier alpha value is -1.02. The van der Waals surface area contributed by atoms with E-state index in [9.17, 15) is 0 Å². The molecule has 1 atom stereocenters. The molecule has 102 valence electrons. The van der Waals surface area contributed by atoms with Crippen LogP contribution in [0.15, 0.2) is 24.3 Å². The van der Waals surface area contributed by atoms with Crippen molar-refractivity contribution in [2.45, 2.75) is 40.0 Å². The molecule has 0 amide bonds. The van der Waals surface area contributed by atoms with Crippen LogP contribution in [0.5, 0.6) is 5.75 Å². The van der Waals surface area contributed by atoms with Crippen LogP contribution in [0.3, 0.4) is 0 Å². The van der Waals surface area contributed by atoms with Crippen molar-refractivity contribution in [3.05, 3.63) is 29.8 Å². The van der Waals surface area contributed by atoms with Crippen LogP contribution >= 0.6 is 0 Å². The van der Waals surface area contributed by atoms with Crippen molar-refractivity contribution in [1.29, 1.82) is 0 Å². The van der Waals surface area contributed by atoms with Crippen molar-refractivity contribution in [3.63, 3.8) is 0 Å². The van der Waals surface area contributed by atoms with Gasteiger partial charge in [-0.2, -0.15) is 0 Å². The van der Waals surface area contributed by atoms with E-state index in [1.165, 1.54) is 12.0 Å². The first-order valence-corrected chi connectivity index (χ1v) is 7.18. The van der Waals surface area contributed by atoms with Crippen LogP contribution in [0.25, 0.3) is 0 Å². The van der Waals surface area contributed by atoms with Crippen LogP contribution in [0, 0.1) is 5.92 Å². The Kier molecular flexibility index (Phi) is 7.51. The van der Waals surface area contributed by atoms with Crippen LogP contribution in [-0.4, -0.2) is 19.7 Å². The fraction of sp³-hybridized carbons (Fsp3) is 0.625.